The minimum absolute atomic E-state index is 0.115. The van der Waals surface area contributed by atoms with Gasteiger partial charge in [-0.25, -0.2) is 18.6 Å². The Morgan fingerprint density at radius 3 is 2.76 bits per heavy atom. The molecule has 0 atom stereocenters. The predicted molar refractivity (Wildman–Crippen MR) is 102 cm³/mol. The monoisotopic (exact) mass is 390 g/mol. The van der Waals surface area contributed by atoms with Crippen molar-refractivity contribution in [2.75, 3.05) is 0 Å². The predicted octanol–water partition coefficient (Wildman–Crippen LogP) is 2.52. The molecule has 0 N–H and O–H groups in total. The zero-order valence-corrected chi connectivity index (χ0v) is 15.1. The van der Waals surface area contributed by atoms with Gasteiger partial charge >= 0.3 is 5.63 Å². The first-order chi connectivity index (χ1) is 14.0. The molecule has 1 aromatic carbocycles. The van der Waals surface area contributed by atoms with Crippen molar-refractivity contribution in [2.45, 2.75) is 5.41 Å². The van der Waals surface area contributed by atoms with E-state index in [0.29, 0.717) is 17.0 Å². The van der Waals surface area contributed by atoms with Gasteiger partial charge in [-0.1, -0.05) is 12.2 Å². The van der Waals surface area contributed by atoms with Crippen LogP contribution in [0.3, 0.4) is 0 Å². The molecule has 4 heterocycles. The molecule has 142 valence electrons. The number of hydrogen-bond acceptors (Lipinski definition) is 3. The second-order valence-corrected chi connectivity index (χ2v) is 6.71. The van der Waals surface area contributed by atoms with Crippen LogP contribution in [0.2, 0.25) is 0 Å². The van der Waals surface area contributed by atoms with Gasteiger partial charge in [0.15, 0.2) is 6.20 Å². The first-order valence-corrected chi connectivity index (χ1v) is 8.80. The number of aromatic nitrogens is 3. The first kappa shape index (κ1) is 17.2. The summed E-state index contributed by atoms with van der Waals surface area (Å²) in [6.45, 7) is 7.83. The Balaban J connectivity index is 2.11. The maximum atomic E-state index is 14.9. The van der Waals surface area contributed by atoms with Gasteiger partial charge in [0.05, 0.1) is 5.56 Å². The number of rotatable bonds is 2. The van der Waals surface area contributed by atoms with Gasteiger partial charge in [0.25, 0.3) is 11.2 Å². The number of oxazole rings is 1. The van der Waals surface area contributed by atoms with E-state index in [2.05, 4.69) is 18.1 Å². The molecule has 0 saturated carbocycles. The van der Waals surface area contributed by atoms with Crippen molar-refractivity contribution in [2.24, 2.45) is 0 Å². The maximum Gasteiger partial charge on any atom is 0.381 e. The molecule has 0 unspecified atom stereocenters. The van der Waals surface area contributed by atoms with Crippen LogP contribution in [0.25, 0.3) is 22.6 Å². The summed E-state index contributed by atoms with van der Waals surface area (Å²) in [6, 6.07) is 7.32. The number of halogens is 2. The van der Waals surface area contributed by atoms with E-state index in [9.17, 15) is 13.6 Å². The average Bonchev–Trinajstić information content (AvgIpc) is 3.31. The van der Waals surface area contributed by atoms with Gasteiger partial charge < -0.3 is 4.42 Å². The van der Waals surface area contributed by atoms with Gasteiger partial charge in [0.1, 0.15) is 17.0 Å². The summed E-state index contributed by atoms with van der Waals surface area (Å²) in [4.78, 5) is 16.3. The van der Waals surface area contributed by atoms with Crippen molar-refractivity contribution in [1.82, 2.24) is 9.38 Å². The summed E-state index contributed by atoms with van der Waals surface area (Å²) in [5, 5.41) is 0. The van der Waals surface area contributed by atoms with Crippen molar-refractivity contribution < 1.29 is 17.8 Å². The lowest BCUT2D eigenvalue weighted by atomic mass is 9.72. The van der Waals surface area contributed by atoms with Crippen molar-refractivity contribution in [3.05, 3.63) is 107 Å². The van der Waals surface area contributed by atoms with Gasteiger partial charge in [-0.15, -0.1) is 13.2 Å². The second kappa shape index (κ2) is 5.81. The fourth-order valence-corrected chi connectivity index (χ4v) is 4.07. The normalized spacial score (nSPS) is 16.3. The quantitative estimate of drug-likeness (QED) is 0.390. The second-order valence-electron chi connectivity index (χ2n) is 6.71. The number of fused-ring (bicyclic) bond motifs is 4. The number of hydrogen-bond donors (Lipinski definition) is 0. The summed E-state index contributed by atoms with van der Waals surface area (Å²) in [5.74, 6) is -1.43. The third kappa shape index (κ3) is 2.09. The van der Waals surface area contributed by atoms with Crippen LogP contribution in [0.5, 0.6) is 0 Å². The van der Waals surface area contributed by atoms with Crippen molar-refractivity contribution in [1.29, 1.82) is 0 Å². The van der Waals surface area contributed by atoms with Crippen LogP contribution in [-0.4, -0.2) is 9.38 Å². The third-order valence-corrected chi connectivity index (χ3v) is 5.33. The zero-order valence-electron chi connectivity index (χ0n) is 15.1. The number of imidazole rings is 1. The third-order valence-electron chi connectivity index (χ3n) is 5.33. The fourth-order valence-electron chi connectivity index (χ4n) is 4.07. The molecule has 4 aromatic rings. The lowest BCUT2D eigenvalue weighted by molar-refractivity contribution is -0.577. The molecule has 1 aliphatic rings. The van der Waals surface area contributed by atoms with E-state index in [1.165, 1.54) is 28.8 Å². The molecule has 0 fully saturated rings. The summed E-state index contributed by atoms with van der Waals surface area (Å²) in [5.41, 5.74) is -0.108. The Hall–Kier alpha value is -3.87. The molecule has 3 aromatic heterocycles. The van der Waals surface area contributed by atoms with Gasteiger partial charge in [0, 0.05) is 30.6 Å². The fraction of sp³-hybridized carbons (Fsp3) is 0.0455. The van der Waals surface area contributed by atoms with E-state index in [1.54, 1.807) is 35.2 Å². The maximum absolute atomic E-state index is 14.9. The lowest BCUT2D eigenvalue weighted by Crippen LogP contribution is -2.52. The first-order valence-electron chi connectivity index (χ1n) is 8.80. The van der Waals surface area contributed by atoms with Crippen LogP contribution in [0.15, 0.2) is 83.4 Å². The summed E-state index contributed by atoms with van der Waals surface area (Å²) in [7, 11) is 0. The van der Waals surface area contributed by atoms with Crippen LogP contribution < -0.4 is 15.7 Å². The van der Waals surface area contributed by atoms with E-state index in [4.69, 9.17) is 4.42 Å². The number of allylic oxidation sites excluding steroid dienone is 2. The Morgan fingerprint density at radius 2 is 2.00 bits per heavy atom. The topological polar surface area (TPSA) is 51.4 Å². The highest BCUT2D eigenvalue weighted by Gasteiger charge is 2.49. The molecule has 5 rings (SSSR count). The van der Waals surface area contributed by atoms with Gasteiger partial charge in [0.2, 0.25) is 11.3 Å². The molecule has 1 aliphatic heterocycles. The van der Waals surface area contributed by atoms with Gasteiger partial charge in [-0.05, 0) is 17.7 Å². The minimum atomic E-state index is -1.24. The van der Waals surface area contributed by atoms with E-state index >= 15 is 0 Å². The molecule has 5 nitrogen and oxygen atoms in total. The lowest BCUT2D eigenvalue weighted by Gasteiger charge is -2.31. The Morgan fingerprint density at radius 1 is 1.21 bits per heavy atom. The molecule has 7 heteroatoms. The van der Waals surface area contributed by atoms with E-state index in [1.807, 2.05) is 0 Å². The van der Waals surface area contributed by atoms with E-state index in [-0.39, 0.29) is 16.8 Å². The largest absolute Gasteiger partial charge is 0.396 e. The summed E-state index contributed by atoms with van der Waals surface area (Å²) in [6.07, 6.45) is 7.85. The highest BCUT2D eigenvalue weighted by Crippen LogP contribution is 2.44. The van der Waals surface area contributed by atoms with Crippen LogP contribution in [0, 0.1) is 11.6 Å². The van der Waals surface area contributed by atoms with E-state index < -0.39 is 22.7 Å². The molecule has 0 aliphatic carbocycles. The highest BCUT2D eigenvalue weighted by atomic mass is 19.1. The molecule has 0 saturated heterocycles. The highest BCUT2D eigenvalue weighted by molar-refractivity contribution is 5.77. The Kier molecular flexibility index (Phi) is 3.46. The molecule has 0 amide bonds. The van der Waals surface area contributed by atoms with Gasteiger partial charge in [-0.3, -0.25) is 4.40 Å². The van der Waals surface area contributed by atoms with Crippen molar-refractivity contribution in [3.8, 4) is 11.3 Å². The molecule has 0 radical (unpaired) electrons. The number of nitrogens with zero attached hydrogens (tertiary/aromatic N) is 3. The van der Waals surface area contributed by atoms with E-state index in [0.717, 1.165) is 6.07 Å². The summed E-state index contributed by atoms with van der Waals surface area (Å²) < 4.78 is 38.0. The molecule has 29 heavy (non-hydrogen) atoms. The van der Waals surface area contributed by atoms with Crippen molar-refractivity contribution >= 4 is 11.3 Å². The molecular weight excluding hydrogens is 376 g/mol. The molecular formula is C22H14F2N3O2+. The van der Waals surface area contributed by atoms with Crippen molar-refractivity contribution in [3.63, 3.8) is 0 Å². The SMILES string of the molecule is C=CC1(C=C)C(=c2oc(=O)c3nccn23)[n+]2ccccc2-c2c(F)cc(F)cc21. The smallest absolute Gasteiger partial charge is 0.381 e. The Bertz CT molecular complexity index is 1440. The van der Waals surface area contributed by atoms with Crippen LogP contribution >= 0.6 is 0 Å². The average molecular weight is 390 g/mol. The zero-order chi connectivity index (χ0) is 20.3. The Labute approximate surface area is 163 Å². The van der Waals surface area contributed by atoms with Crippen LogP contribution in [-0.2, 0) is 5.41 Å². The van der Waals surface area contributed by atoms with Crippen LogP contribution in [0.4, 0.5) is 8.78 Å². The molecule has 0 spiro atoms. The van der Waals surface area contributed by atoms with Crippen LogP contribution in [0.1, 0.15) is 5.56 Å². The number of pyridine rings is 1. The standard InChI is InChI=1S/C22H14F2N3O2/c1-3-22(4-2)14-11-13(23)12-15(24)17(14)16-7-5-6-9-26(16)18(22)20-27-10-8-25-19(27)21(28)29-20/h3-12H,1-2H2/q+1. The molecule has 0 bridgehead atoms. The van der Waals surface area contributed by atoms with Gasteiger partial charge in [-0.2, -0.15) is 4.57 Å². The summed E-state index contributed by atoms with van der Waals surface area (Å²) >= 11 is 0. The number of benzene rings is 1. The minimum Gasteiger partial charge on any atom is -0.396 e.